The van der Waals surface area contributed by atoms with Crippen molar-refractivity contribution in [3.8, 4) is 0 Å². The normalized spacial score (nSPS) is 20.9. The molecule has 1 aliphatic heterocycles. The molecule has 6 heteroatoms. The van der Waals surface area contributed by atoms with E-state index in [9.17, 15) is 9.90 Å². The summed E-state index contributed by atoms with van der Waals surface area (Å²) in [5.41, 5.74) is 5.18. The number of amides is 1. The van der Waals surface area contributed by atoms with E-state index in [4.69, 9.17) is 15.2 Å². The van der Waals surface area contributed by atoms with Crippen molar-refractivity contribution in [3.05, 3.63) is 0 Å². The topological polar surface area (TPSA) is 93.8 Å². The van der Waals surface area contributed by atoms with Crippen LogP contribution in [0.3, 0.4) is 0 Å². The van der Waals surface area contributed by atoms with Gasteiger partial charge in [-0.25, -0.2) is 0 Å². The molecule has 1 heterocycles. The van der Waals surface area contributed by atoms with Crippen molar-refractivity contribution < 1.29 is 19.4 Å². The molecule has 0 aliphatic carbocycles. The van der Waals surface area contributed by atoms with Crippen LogP contribution in [0.15, 0.2) is 0 Å². The Balaban J connectivity index is 2.24. The number of rotatable bonds is 6. The highest BCUT2D eigenvalue weighted by atomic mass is 16.5. The third-order valence-electron chi connectivity index (χ3n) is 2.96. The summed E-state index contributed by atoms with van der Waals surface area (Å²) in [4.78, 5) is 11.9. The molecule has 0 radical (unpaired) electrons. The lowest BCUT2D eigenvalue weighted by atomic mass is 9.90. The molecule has 0 aromatic carbocycles. The van der Waals surface area contributed by atoms with E-state index < -0.39 is 11.6 Å². The fourth-order valence-corrected chi connectivity index (χ4v) is 1.77. The predicted octanol–water partition coefficient (Wildman–Crippen LogP) is -0.992. The highest BCUT2D eigenvalue weighted by Crippen LogP contribution is 2.17. The first-order valence-corrected chi connectivity index (χ1v) is 5.90. The molecule has 1 unspecified atom stereocenters. The van der Waals surface area contributed by atoms with Crippen LogP contribution in [0.2, 0.25) is 0 Å². The molecule has 1 aliphatic rings. The number of ether oxygens (including phenoxy) is 2. The molecule has 1 atom stereocenters. The lowest BCUT2D eigenvalue weighted by Crippen LogP contribution is -2.57. The zero-order valence-electron chi connectivity index (χ0n) is 10.3. The van der Waals surface area contributed by atoms with Crippen LogP contribution in [0.1, 0.15) is 19.3 Å². The van der Waals surface area contributed by atoms with Gasteiger partial charge in [0.05, 0.1) is 18.2 Å². The maximum Gasteiger partial charge on any atom is 0.240 e. The Hall–Kier alpha value is -0.690. The summed E-state index contributed by atoms with van der Waals surface area (Å²) in [6.45, 7) is 1.73. The summed E-state index contributed by atoms with van der Waals surface area (Å²) in [6.07, 6.45) is 0.995. The summed E-state index contributed by atoms with van der Waals surface area (Å²) >= 11 is 0. The minimum absolute atomic E-state index is 0.162. The van der Waals surface area contributed by atoms with Crippen molar-refractivity contribution >= 4 is 5.91 Å². The molecule has 100 valence electrons. The van der Waals surface area contributed by atoms with Gasteiger partial charge in [-0.15, -0.1) is 0 Å². The zero-order chi connectivity index (χ0) is 12.7. The first-order chi connectivity index (χ1) is 8.08. The molecule has 1 amide bonds. The number of hydrogen-bond donors (Lipinski definition) is 3. The first-order valence-electron chi connectivity index (χ1n) is 5.90. The van der Waals surface area contributed by atoms with Crippen LogP contribution in [-0.2, 0) is 14.3 Å². The van der Waals surface area contributed by atoms with Crippen LogP contribution in [-0.4, -0.2) is 56.1 Å². The number of carbonyl (C=O) groups excluding carboxylic acids is 1. The lowest BCUT2D eigenvalue weighted by molar-refractivity contribution is -0.129. The Kier molecular flexibility index (Phi) is 5.84. The molecule has 0 bridgehead atoms. The third kappa shape index (κ3) is 4.59. The molecule has 1 saturated heterocycles. The van der Waals surface area contributed by atoms with E-state index in [2.05, 4.69) is 5.32 Å². The number of methoxy groups -OCH3 is 1. The Morgan fingerprint density at radius 2 is 2.24 bits per heavy atom. The van der Waals surface area contributed by atoms with Crippen molar-refractivity contribution in [2.75, 3.05) is 33.5 Å². The highest BCUT2D eigenvalue weighted by molar-refractivity contribution is 5.86. The number of nitrogens with one attached hydrogen (secondary N) is 1. The molecule has 4 N–H and O–H groups in total. The minimum Gasteiger partial charge on any atom is -0.391 e. The second-order valence-electron chi connectivity index (χ2n) is 4.42. The second-order valence-corrected chi connectivity index (χ2v) is 4.42. The Bertz CT molecular complexity index is 242. The maximum absolute atomic E-state index is 11.9. The van der Waals surface area contributed by atoms with Crippen LogP contribution < -0.4 is 11.1 Å². The van der Waals surface area contributed by atoms with Crippen LogP contribution in [0.25, 0.3) is 0 Å². The van der Waals surface area contributed by atoms with Gasteiger partial charge >= 0.3 is 0 Å². The minimum atomic E-state index is -0.815. The number of aliphatic hydroxyl groups is 1. The van der Waals surface area contributed by atoms with E-state index in [0.717, 1.165) is 0 Å². The molecule has 0 spiro atoms. The smallest absolute Gasteiger partial charge is 0.240 e. The zero-order valence-corrected chi connectivity index (χ0v) is 10.3. The van der Waals surface area contributed by atoms with Gasteiger partial charge in [-0.1, -0.05) is 0 Å². The highest BCUT2D eigenvalue weighted by Gasteiger charge is 2.35. The molecule has 0 saturated carbocycles. The van der Waals surface area contributed by atoms with Gasteiger partial charge < -0.3 is 25.6 Å². The van der Waals surface area contributed by atoms with Crippen LogP contribution in [0.5, 0.6) is 0 Å². The van der Waals surface area contributed by atoms with Crippen LogP contribution in [0, 0.1) is 0 Å². The van der Waals surface area contributed by atoms with Gasteiger partial charge in [-0.05, 0) is 19.3 Å². The standard InChI is InChI=1S/C11H22N2O4/c1-16-8-9(14)2-5-13-10(15)11(12)3-6-17-7-4-11/h9,14H,2-8,12H2,1H3,(H,13,15). The average Bonchev–Trinajstić information content (AvgIpc) is 2.30. The van der Waals surface area contributed by atoms with Gasteiger partial charge in [0.25, 0.3) is 0 Å². The number of nitrogens with two attached hydrogens (primary N) is 1. The first kappa shape index (κ1) is 14.4. The Morgan fingerprint density at radius 3 is 2.82 bits per heavy atom. The van der Waals surface area contributed by atoms with Crippen molar-refractivity contribution in [2.45, 2.75) is 30.9 Å². The summed E-state index contributed by atoms with van der Waals surface area (Å²) < 4.78 is 9.97. The quantitative estimate of drug-likeness (QED) is 0.559. The fourth-order valence-electron chi connectivity index (χ4n) is 1.77. The lowest BCUT2D eigenvalue weighted by Gasteiger charge is -2.31. The predicted molar refractivity (Wildman–Crippen MR) is 62.5 cm³/mol. The van der Waals surface area contributed by atoms with Gasteiger partial charge in [0.2, 0.25) is 5.91 Å². The molecule has 1 rings (SSSR count). The largest absolute Gasteiger partial charge is 0.391 e. The van der Waals surface area contributed by atoms with Crippen molar-refractivity contribution in [1.82, 2.24) is 5.32 Å². The number of hydrogen-bond acceptors (Lipinski definition) is 5. The number of carbonyl (C=O) groups is 1. The third-order valence-corrected chi connectivity index (χ3v) is 2.96. The Labute approximate surface area is 101 Å². The van der Waals surface area contributed by atoms with E-state index in [1.165, 1.54) is 7.11 Å². The van der Waals surface area contributed by atoms with E-state index in [-0.39, 0.29) is 12.5 Å². The second kappa shape index (κ2) is 6.90. The molecular formula is C11H22N2O4. The maximum atomic E-state index is 11.9. The molecule has 0 aromatic rings. The van der Waals surface area contributed by atoms with Crippen molar-refractivity contribution in [3.63, 3.8) is 0 Å². The van der Waals surface area contributed by atoms with E-state index in [1.54, 1.807) is 0 Å². The average molecular weight is 246 g/mol. The monoisotopic (exact) mass is 246 g/mol. The van der Waals surface area contributed by atoms with Gasteiger partial charge in [0, 0.05) is 26.9 Å². The van der Waals surface area contributed by atoms with Crippen molar-refractivity contribution in [2.24, 2.45) is 5.73 Å². The SMILES string of the molecule is COCC(O)CCNC(=O)C1(N)CCOCC1. The summed E-state index contributed by atoms with van der Waals surface area (Å²) in [7, 11) is 1.53. The van der Waals surface area contributed by atoms with Crippen molar-refractivity contribution in [1.29, 1.82) is 0 Å². The van der Waals surface area contributed by atoms with E-state index in [0.29, 0.717) is 39.0 Å². The molecule has 1 fully saturated rings. The van der Waals surface area contributed by atoms with Gasteiger partial charge in [-0.2, -0.15) is 0 Å². The van der Waals surface area contributed by atoms with Gasteiger partial charge in [-0.3, -0.25) is 4.79 Å². The molecule has 17 heavy (non-hydrogen) atoms. The molecular weight excluding hydrogens is 224 g/mol. The summed E-state index contributed by atoms with van der Waals surface area (Å²) in [6, 6.07) is 0. The van der Waals surface area contributed by atoms with Crippen LogP contribution >= 0.6 is 0 Å². The Morgan fingerprint density at radius 1 is 1.59 bits per heavy atom. The fraction of sp³-hybridized carbons (Fsp3) is 0.909. The van der Waals surface area contributed by atoms with Gasteiger partial charge in [0.15, 0.2) is 0 Å². The molecule has 0 aromatic heterocycles. The van der Waals surface area contributed by atoms with E-state index >= 15 is 0 Å². The molecule has 6 nitrogen and oxygen atoms in total. The summed E-state index contributed by atoms with van der Waals surface area (Å²) in [5.74, 6) is -0.162. The summed E-state index contributed by atoms with van der Waals surface area (Å²) in [5, 5.41) is 12.2. The van der Waals surface area contributed by atoms with Crippen LogP contribution in [0.4, 0.5) is 0 Å². The van der Waals surface area contributed by atoms with Gasteiger partial charge in [0.1, 0.15) is 0 Å². The van der Waals surface area contributed by atoms with E-state index in [1.807, 2.05) is 0 Å². The number of aliphatic hydroxyl groups excluding tert-OH is 1.